The number of likely N-dealkylation sites (tertiary alicyclic amines) is 1. The molecule has 2 unspecified atom stereocenters. The molecule has 1 aliphatic heterocycles. The topological polar surface area (TPSA) is 23.5 Å². The fourth-order valence-corrected chi connectivity index (χ4v) is 4.65. The number of aliphatic hydroxyl groups is 1. The van der Waals surface area contributed by atoms with E-state index in [-0.39, 0.29) is 6.10 Å². The Bertz CT molecular complexity index is 262. The van der Waals surface area contributed by atoms with Crippen molar-refractivity contribution in [3.8, 4) is 0 Å². The molecule has 1 spiro atoms. The predicted octanol–water partition coefficient (Wildman–Crippen LogP) is 3.34. The van der Waals surface area contributed by atoms with E-state index in [1.165, 1.54) is 77.3 Å². The first-order valence-electron chi connectivity index (χ1n) is 8.21. The van der Waals surface area contributed by atoms with Crippen molar-refractivity contribution in [2.75, 3.05) is 13.1 Å². The summed E-state index contributed by atoms with van der Waals surface area (Å²) in [7, 11) is 0. The molecule has 0 aromatic carbocycles. The molecule has 0 aromatic rings. The van der Waals surface area contributed by atoms with Gasteiger partial charge in [-0.15, -0.1) is 0 Å². The van der Waals surface area contributed by atoms with Crippen molar-refractivity contribution < 1.29 is 5.11 Å². The van der Waals surface area contributed by atoms with Crippen LogP contribution in [0.4, 0.5) is 0 Å². The number of rotatable bonds is 1. The SMILES string of the molecule is OC1CCCCCC1N1CCC2(CCCC2)CC1. The molecule has 1 heterocycles. The van der Waals surface area contributed by atoms with Crippen LogP contribution >= 0.6 is 0 Å². The lowest BCUT2D eigenvalue weighted by atomic mass is 9.76. The molecule has 3 rings (SSSR count). The van der Waals surface area contributed by atoms with Crippen LogP contribution in [0.25, 0.3) is 0 Å². The summed E-state index contributed by atoms with van der Waals surface area (Å²) in [6.07, 6.45) is 14.8. The monoisotopic (exact) mass is 251 g/mol. The maximum absolute atomic E-state index is 10.3. The third-order valence-corrected chi connectivity index (χ3v) is 5.94. The Labute approximate surface area is 112 Å². The highest BCUT2D eigenvalue weighted by Gasteiger charge is 2.39. The number of aliphatic hydroxyl groups excluding tert-OH is 1. The summed E-state index contributed by atoms with van der Waals surface area (Å²) in [5.41, 5.74) is 0.714. The van der Waals surface area contributed by atoms with Crippen molar-refractivity contribution in [3.63, 3.8) is 0 Å². The fraction of sp³-hybridized carbons (Fsp3) is 1.00. The van der Waals surface area contributed by atoms with Gasteiger partial charge in [-0.25, -0.2) is 0 Å². The zero-order valence-corrected chi connectivity index (χ0v) is 11.7. The third kappa shape index (κ3) is 2.60. The second-order valence-electron chi connectivity index (χ2n) is 7.02. The van der Waals surface area contributed by atoms with E-state index in [1.807, 2.05) is 0 Å². The summed E-state index contributed by atoms with van der Waals surface area (Å²) in [5, 5.41) is 10.3. The van der Waals surface area contributed by atoms with E-state index in [2.05, 4.69) is 4.90 Å². The Hall–Kier alpha value is -0.0800. The van der Waals surface area contributed by atoms with E-state index >= 15 is 0 Å². The molecule has 2 nitrogen and oxygen atoms in total. The van der Waals surface area contributed by atoms with Gasteiger partial charge in [-0.05, 0) is 57.0 Å². The van der Waals surface area contributed by atoms with Crippen LogP contribution in [-0.4, -0.2) is 35.2 Å². The van der Waals surface area contributed by atoms with Gasteiger partial charge in [0.05, 0.1) is 6.10 Å². The zero-order valence-electron chi connectivity index (χ0n) is 11.7. The lowest BCUT2D eigenvalue weighted by Gasteiger charge is -2.43. The standard InChI is InChI=1S/C16H29NO/c18-15-7-3-1-2-6-14(15)17-12-10-16(11-13-17)8-4-5-9-16/h14-15,18H,1-13H2. The van der Waals surface area contributed by atoms with Crippen LogP contribution in [0.2, 0.25) is 0 Å². The van der Waals surface area contributed by atoms with E-state index < -0.39 is 0 Å². The highest BCUT2D eigenvalue weighted by molar-refractivity contribution is 4.93. The van der Waals surface area contributed by atoms with Crippen molar-refractivity contribution in [2.45, 2.75) is 82.8 Å². The second kappa shape index (κ2) is 5.50. The molecule has 0 radical (unpaired) electrons. The summed E-state index contributed by atoms with van der Waals surface area (Å²) in [6, 6.07) is 0.478. The van der Waals surface area contributed by atoms with Crippen LogP contribution in [0.5, 0.6) is 0 Å². The molecule has 2 atom stereocenters. The van der Waals surface area contributed by atoms with E-state index in [0.717, 1.165) is 6.42 Å². The van der Waals surface area contributed by atoms with Crippen LogP contribution in [-0.2, 0) is 0 Å². The Morgan fingerprint density at radius 1 is 0.778 bits per heavy atom. The molecule has 3 aliphatic rings. The second-order valence-corrected chi connectivity index (χ2v) is 7.02. The summed E-state index contributed by atoms with van der Waals surface area (Å²) in [4.78, 5) is 2.62. The Balaban J connectivity index is 1.57. The fourth-order valence-electron chi connectivity index (χ4n) is 4.65. The number of hydrogen-bond donors (Lipinski definition) is 1. The van der Waals surface area contributed by atoms with Gasteiger partial charge < -0.3 is 5.11 Å². The third-order valence-electron chi connectivity index (χ3n) is 5.94. The lowest BCUT2D eigenvalue weighted by Crippen LogP contribution is -2.49. The predicted molar refractivity (Wildman–Crippen MR) is 74.6 cm³/mol. The molecule has 1 N–H and O–H groups in total. The highest BCUT2D eigenvalue weighted by atomic mass is 16.3. The molecule has 3 fully saturated rings. The van der Waals surface area contributed by atoms with Crippen molar-refractivity contribution in [3.05, 3.63) is 0 Å². The minimum atomic E-state index is -0.0508. The summed E-state index contributed by atoms with van der Waals surface area (Å²) >= 11 is 0. The van der Waals surface area contributed by atoms with E-state index in [4.69, 9.17) is 0 Å². The Morgan fingerprint density at radius 3 is 2.17 bits per heavy atom. The van der Waals surface area contributed by atoms with Gasteiger partial charge in [0.1, 0.15) is 0 Å². The van der Waals surface area contributed by atoms with Crippen LogP contribution in [0.1, 0.15) is 70.6 Å². The van der Waals surface area contributed by atoms with Crippen molar-refractivity contribution in [1.29, 1.82) is 0 Å². The summed E-state index contributed by atoms with van der Waals surface area (Å²) in [6.45, 7) is 2.50. The van der Waals surface area contributed by atoms with Gasteiger partial charge >= 0.3 is 0 Å². The largest absolute Gasteiger partial charge is 0.391 e. The highest BCUT2D eigenvalue weighted by Crippen LogP contribution is 2.46. The molecular weight excluding hydrogens is 222 g/mol. The molecular formula is C16H29NO. The maximum Gasteiger partial charge on any atom is 0.0695 e. The first kappa shape index (κ1) is 12.9. The number of hydrogen-bond acceptors (Lipinski definition) is 2. The molecule has 18 heavy (non-hydrogen) atoms. The maximum atomic E-state index is 10.3. The molecule has 1 saturated heterocycles. The summed E-state index contributed by atoms with van der Waals surface area (Å²) in [5.74, 6) is 0. The molecule has 0 amide bonds. The van der Waals surface area contributed by atoms with Crippen LogP contribution in [0.15, 0.2) is 0 Å². The first-order chi connectivity index (χ1) is 8.79. The van der Waals surface area contributed by atoms with E-state index in [0.29, 0.717) is 11.5 Å². The van der Waals surface area contributed by atoms with Gasteiger partial charge in [-0.1, -0.05) is 32.1 Å². The van der Waals surface area contributed by atoms with Crippen LogP contribution in [0, 0.1) is 5.41 Å². The minimum absolute atomic E-state index is 0.0508. The van der Waals surface area contributed by atoms with Crippen molar-refractivity contribution >= 4 is 0 Å². The zero-order chi connectivity index (χ0) is 12.4. The molecule has 2 aliphatic carbocycles. The van der Waals surface area contributed by atoms with E-state index in [9.17, 15) is 5.11 Å². The number of piperidine rings is 1. The molecule has 0 aromatic heterocycles. The van der Waals surface area contributed by atoms with E-state index in [1.54, 1.807) is 0 Å². The van der Waals surface area contributed by atoms with Gasteiger partial charge in [-0.3, -0.25) is 4.90 Å². The first-order valence-corrected chi connectivity index (χ1v) is 8.21. The minimum Gasteiger partial charge on any atom is -0.391 e. The van der Waals surface area contributed by atoms with Crippen molar-refractivity contribution in [2.24, 2.45) is 5.41 Å². The van der Waals surface area contributed by atoms with Gasteiger partial charge in [-0.2, -0.15) is 0 Å². The molecule has 0 bridgehead atoms. The van der Waals surface area contributed by atoms with Crippen LogP contribution < -0.4 is 0 Å². The van der Waals surface area contributed by atoms with Gasteiger partial charge in [0.2, 0.25) is 0 Å². The van der Waals surface area contributed by atoms with Crippen LogP contribution in [0.3, 0.4) is 0 Å². The summed E-state index contributed by atoms with van der Waals surface area (Å²) < 4.78 is 0. The molecule has 104 valence electrons. The Kier molecular flexibility index (Phi) is 3.95. The average Bonchev–Trinajstić information content (AvgIpc) is 2.73. The molecule has 2 heteroatoms. The Morgan fingerprint density at radius 2 is 1.44 bits per heavy atom. The van der Waals surface area contributed by atoms with Gasteiger partial charge in [0, 0.05) is 6.04 Å². The van der Waals surface area contributed by atoms with Gasteiger partial charge in [0.25, 0.3) is 0 Å². The lowest BCUT2D eigenvalue weighted by molar-refractivity contribution is 0.00626. The molecule has 2 saturated carbocycles. The van der Waals surface area contributed by atoms with Crippen molar-refractivity contribution in [1.82, 2.24) is 4.90 Å². The van der Waals surface area contributed by atoms with Gasteiger partial charge in [0.15, 0.2) is 0 Å². The normalized spacial score (nSPS) is 37.8. The smallest absolute Gasteiger partial charge is 0.0695 e. The quantitative estimate of drug-likeness (QED) is 0.723. The number of nitrogens with zero attached hydrogens (tertiary/aromatic N) is 1. The average molecular weight is 251 g/mol.